The van der Waals surface area contributed by atoms with Crippen molar-refractivity contribution in [1.29, 1.82) is 0 Å². The second-order valence-electron chi connectivity index (χ2n) is 4.18. The molecule has 1 atom stereocenters. The fourth-order valence-electron chi connectivity index (χ4n) is 1.84. The van der Waals surface area contributed by atoms with Crippen LogP contribution in [0.3, 0.4) is 0 Å². The van der Waals surface area contributed by atoms with Crippen LogP contribution in [-0.2, 0) is 21.2 Å². The van der Waals surface area contributed by atoms with E-state index in [-0.39, 0.29) is 0 Å². The van der Waals surface area contributed by atoms with E-state index in [0.29, 0.717) is 24.3 Å². The molecule has 1 aromatic rings. The molecule has 18 heavy (non-hydrogen) atoms. The number of ether oxygens (including phenoxy) is 1. The van der Waals surface area contributed by atoms with Crippen LogP contribution in [-0.4, -0.2) is 31.9 Å². The predicted octanol–water partition coefficient (Wildman–Crippen LogP) is 0.836. The maximum absolute atomic E-state index is 11.1. The van der Waals surface area contributed by atoms with Gasteiger partial charge in [0.25, 0.3) is 0 Å². The van der Waals surface area contributed by atoms with Crippen molar-refractivity contribution in [2.24, 2.45) is 0 Å². The van der Waals surface area contributed by atoms with E-state index in [2.05, 4.69) is 4.72 Å². The largest absolute Gasteiger partial charge is 0.479 e. The monoisotopic (exact) mass is 271 g/mol. The number of nitrogens with one attached hydrogen (secondary N) is 1. The summed E-state index contributed by atoms with van der Waals surface area (Å²) in [5.74, 6) is -0.494. The van der Waals surface area contributed by atoms with Crippen LogP contribution >= 0.6 is 0 Å². The Kier molecular flexibility index (Phi) is 3.16. The molecule has 0 radical (unpaired) electrons. The lowest BCUT2D eigenvalue weighted by atomic mass is 10.0. The van der Waals surface area contributed by atoms with Gasteiger partial charge < -0.3 is 9.84 Å². The van der Waals surface area contributed by atoms with Gasteiger partial charge in [-0.05, 0) is 36.6 Å². The molecule has 98 valence electrons. The topological polar surface area (TPSA) is 92.7 Å². The molecular formula is C11H13NO5S. The van der Waals surface area contributed by atoms with Crippen molar-refractivity contribution < 1.29 is 23.1 Å². The number of sulfonamides is 1. The van der Waals surface area contributed by atoms with Gasteiger partial charge in [-0.3, -0.25) is 4.72 Å². The predicted molar refractivity (Wildman–Crippen MR) is 65.3 cm³/mol. The molecule has 2 N–H and O–H groups in total. The smallest absolute Gasteiger partial charge is 0.344 e. The molecule has 6 nitrogen and oxygen atoms in total. The Balaban J connectivity index is 2.22. The van der Waals surface area contributed by atoms with Gasteiger partial charge in [-0.25, -0.2) is 13.2 Å². The van der Waals surface area contributed by atoms with Gasteiger partial charge in [0.2, 0.25) is 10.0 Å². The number of hydrogen-bond donors (Lipinski definition) is 2. The number of carboxylic acids is 1. The van der Waals surface area contributed by atoms with Crippen LogP contribution in [0.2, 0.25) is 0 Å². The summed E-state index contributed by atoms with van der Waals surface area (Å²) in [4.78, 5) is 10.8. The van der Waals surface area contributed by atoms with Crippen molar-refractivity contribution in [3.05, 3.63) is 23.8 Å². The first-order valence-corrected chi connectivity index (χ1v) is 7.24. The molecule has 1 aliphatic rings. The number of hydrogen-bond acceptors (Lipinski definition) is 4. The molecule has 0 fully saturated rings. The lowest BCUT2D eigenvalue weighted by Crippen LogP contribution is -2.30. The van der Waals surface area contributed by atoms with Crippen LogP contribution in [0, 0.1) is 0 Å². The van der Waals surface area contributed by atoms with Crippen LogP contribution in [0.15, 0.2) is 18.2 Å². The van der Waals surface area contributed by atoms with E-state index < -0.39 is 22.1 Å². The molecular weight excluding hydrogens is 258 g/mol. The molecule has 7 heteroatoms. The molecule has 0 aliphatic carbocycles. The first-order valence-electron chi connectivity index (χ1n) is 5.35. The summed E-state index contributed by atoms with van der Waals surface area (Å²) < 4.78 is 29.8. The van der Waals surface area contributed by atoms with Crippen LogP contribution in [0.1, 0.15) is 12.0 Å². The van der Waals surface area contributed by atoms with Gasteiger partial charge in [-0.2, -0.15) is 0 Å². The van der Waals surface area contributed by atoms with Gasteiger partial charge in [0.05, 0.1) is 6.26 Å². The summed E-state index contributed by atoms with van der Waals surface area (Å²) >= 11 is 0. The Bertz CT molecular complexity index is 581. The van der Waals surface area contributed by atoms with Gasteiger partial charge >= 0.3 is 5.97 Å². The molecule has 0 saturated heterocycles. The van der Waals surface area contributed by atoms with E-state index in [1.807, 2.05) is 0 Å². The zero-order valence-electron chi connectivity index (χ0n) is 9.71. The molecule has 2 rings (SSSR count). The molecule has 1 aliphatic heterocycles. The zero-order valence-corrected chi connectivity index (χ0v) is 10.5. The van der Waals surface area contributed by atoms with Gasteiger partial charge in [0, 0.05) is 5.69 Å². The fraction of sp³-hybridized carbons (Fsp3) is 0.364. The second kappa shape index (κ2) is 4.49. The highest BCUT2D eigenvalue weighted by atomic mass is 32.2. The van der Waals surface area contributed by atoms with Crippen molar-refractivity contribution in [3.8, 4) is 5.75 Å². The van der Waals surface area contributed by atoms with E-state index >= 15 is 0 Å². The Morgan fingerprint density at radius 2 is 2.22 bits per heavy atom. The minimum Gasteiger partial charge on any atom is -0.479 e. The summed E-state index contributed by atoms with van der Waals surface area (Å²) in [6, 6.07) is 4.79. The van der Waals surface area contributed by atoms with Gasteiger partial charge in [-0.15, -0.1) is 0 Å². The molecule has 0 bridgehead atoms. The number of anilines is 1. The number of fused-ring (bicyclic) bond motifs is 1. The van der Waals surface area contributed by atoms with Gasteiger partial charge in [-0.1, -0.05) is 0 Å². The van der Waals surface area contributed by atoms with Crippen molar-refractivity contribution in [3.63, 3.8) is 0 Å². The van der Waals surface area contributed by atoms with Crippen molar-refractivity contribution >= 4 is 21.7 Å². The lowest BCUT2D eigenvalue weighted by Gasteiger charge is -2.23. The Labute approximate surface area is 105 Å². The normalized spacial score (nSPS) is 18.6. The van der Waals surface area contributed by atoms with Crippen LogP contribution < -0.4 is 9.46 Å². The Morgan fingerprint density at radius 1 is 1.50 bits per heavy atom. The highest BCUT2D eigenvalue weighted by Gasteiger charge is 2.25. The van der Waals surface area contributed by atoms with E-state index in [1.54, 1.807) is 18.2 Å². The maximum Gasteiger partial charge on any atom is 0.344 e. The van der Waals surface area contributed by atoms with E-state index in [4.69, 9.17) is 9.84 Å². The number of aryl methyl sites for hydroxylation is 1. The third-order valence-electron chi connectivity index (χ3n) is 2.58. The molecule has 0 amide bonds. The average Bonchev–Trinajstić information content (AvgIpc) is 2.26. The highest BCUT2D eigenvalue weighted by Crippen LogP contribution is 2.30. The second-order valence-corrected chi connectivity index (χ2v) is 5.93. The number of aliphatic carboxylic acids is 1. The minimum absolute atomic E-state index is 0.380. The van der Waals surface area contributed by atoms with E-state index in [0.717, 1.165) is 11.8 Å². The number of benzene rings is 1. The molecule has 0 aromatic heterocycles. The number of rotatable bonds is 3. The van der Waals surface area contributed by atoms with Crippen molar-refractivity contribution in [2.45, 2.75) is 18.9 Å². The van der Waals surface area contributed by atoms with Gasteiger partial charge in [0.15, 0.2) is 6.10 Å². The van der Waals surface area contributed by atoms with Crippen LogP contribution in [0.5, 0.6) is 5.75 Å². The molecule has 0 saturated carbocycles. The third-order valence-corrected chi connectivity index (χ3v) is 3.19. The standard InChI is InChI=1S/C11H13NO5S/c1-18(15,16)12-8-3-5-9-7(6-8)2-4-10(17-9)11(13)14/h3,5-6,10,12H,2,4H2,1H3,(H,13,14)/t10-/m0/s1. The molecule has 1 heterocycles. The van der Waals surface area contributed by atoms with E-state index in [9.17, 15) is 13.2 Å². The molecule has 1 aromatic carbocycles. The summed E-state index contributed by atoms with van der Waals surface area (Å²) in [6.07, 6.45) is 1.17. The maximum atomic E-state index is 11.1. The van der Waals surface area contributed by atoms with Crippen molar-refractivity contribution in [2.75, 3.05) is 11.0 Å². The molecule has 0 unspecified atom stereocenters. The lowest BCUT2D eigenvalue weighted by molar-refractivity contribution is -0.145. The Morgan fingerprint density at radius 3 is 2.83 bits per heavy atom. The number of carboxylic acid groups (broad SMARTS) is 1. The van der Waals surface area contributed by atoms with Gasteiger partial charge in [0.1, 0.15) is 5.75 Å². The zero-order chi connectivity index (χ0) is 13.3. The summed E-state index contributed by atoms with van der Waals surface area (Å²) in [7, 11) is -3.31. The minimum atomic E-state index is -3.31. The first kappa shape index (κ1) is 12.7. The van der Waals surface area contributed by atoms with Crippen molar-refractivity contribution in [1.82, 2.24) is 0 Å². The summed E-state index contributed by atoms with van der Waals surface area (Å²) in [6.45, 7) is 0. The summed E-state index contributed by atoms with van der Waals surface area (Å²) in [5.41, 5.74) is 1.26. The quantitative estimate of drug-likeness (QED) is 0.849. The SMILES string of the molecule is CS(=O)(=O)Nc1ccc2c(c1)CC[C@@H](C(=O)O)O2. The summed E-state index contributed by atoms with van der Waals surface area (Å²) in [5, 5.41) is 8.85. The molecule has 0 spiro atoms. The van der Waals surface area contributed by atoms with Crippen LogP contribution in [0.25, 0.3) is 0 Å². The van der Waals surface area contributed by atoms with E-state index in [1.165, 1.54) is 0 Å². The fourth-order valence-corrected chi connectivity index (χ4v) is 2.40. The Hall–Kier alpha value is -1.76. The highest BCUT2D eigenvalue weighted by molar-refractivity contribution is 7.92. The van der Waals surface area contributed by atoms with Crippen LogP contribution in [0.4, 0.5) is 5.69 Å². The average molecular weight is 271 g/mol. The first-order chi connectivity index (χ1) is 8.35. The number of carbonyl (C=O) groups is 1. The third kappa shape index (κ3) is 2.92.